The summed E-state index contributed by atoms with van der Waals surface area (Å²) >= 11 is 1.52. The van der Waals surface area contributed by atoms with Gasteiger partial charge in [0.25, 0.3) is 0 Å². The number of hydrogen-bond donors (Lipinski definition) is 1. The summed E-state index contributed by atoms with van der Waals surface area (Å²) in [6.07, 6.45) is 0.696. The molecule has 3 heterocycles. The van der Waals surface area contributed by atoms with Crippen molar-refractivity contribution in [1.29, 1.82) is 0 Å². The monoisotopic (exact) mass is 466 g/mol. The Kier molecular flexibility index (Phi) is 6.60. The summed E-state index contributed by atoms with van der Waals surface area (Å²) in [4.78, 5) is 43.1. The fourth-order valence-electron chi connectivity index (χ4n) is 4.13. The number of nitrogens with one attached hydrogen (secondary N) is 1. The smallest absolute Gasteiger partial charge is 0.245 e. The zero-order valence-electron chi connectivity index (χ0n) is 18.8. The molecule has 1 N–H and O–H groups in total. The van der Waals surface area contributed by atoms with E-state index < -0.39 is 12.0 Å². The molecule has 33 heavy (non-hydrogen) atoms. The van der Waals surface area contributed by atoms with Gasteiger partial charge in [0.1, 0.15) is 5.76 Å². The highest BCUT2D eigenvalue weighted by molar-refractivity contribution is 7.10. The summed E-state index contributed by atoms with van der Waals surface area (Å²) < 4.78 is 4.96. The molecule has 0 spiro atoms. The molecule has 2 unspecified atom stereocenters. The minimum Gasteiger partial charge on any atom is -0.360 e. The number of amides is 3. The van der Waals surface area contributed by atoms with Gasteiger partial charge >= 0.3 is 0 Å². The van der Waals surface area contributed by atoms with Crippen LogP contribution in [0.3, 0.4) is 0 Å². The maximum Gasteiger partial charge on any atom is 0.245 e. The SMILES string of the molecule is Cc1ccc(N2C(=O)CCC(C(=O)N(C)CC(=O)Nc3cc(C)on3)C2c2cccs2)cc1. The summed E-state index contributed by atoms with van der Waals surface area (Å²) in [5.74, 6) is -0.128. The van der Waals surface area contributed by atoms with Crippen molar-refractivity contribution in [3.63, 3.8) is 0 Å². The van der Waals surface area contributed by atoms with Crippen molar-refractivity contribution in [2.24, 2.45) is 5.92 Å². The van der Waals surface area contributed by atoms with Crippen LogP contribution in [0.2, 0.25) is 0 Å². The molecule has 4 rings (SSSR count). The molecule has 1 fully saturated rings. The average Bonchev–Trinajstić information content (AvgIpc) is 3.45. The molecular weight excluding hydrogens is 440 g/mol. The van der Waals surface area contributed by atoms with Gasteiger partial charge in [-0.05, 0) is 43.8 Å². The van der Waals surface area contributed by atoms with E-state index in [0.29, 0.717) is 18.0 Å². The normalized spacial score (nSPS) is 18.3. The molecule has 1 aliphatic rings. The summed E-state index contributed by atoms with van der Waals surface area (Å²) in [6.45, 7) is 3.59. The van der Waals surface area contributed by atoms with Gasteiger partial charge in [-0.15, -0.1) is 11.3 Å². The van der Waals surface area contributed by atoms with Gasteiger partial charge < -0.3 is 19.6 Å². The van der Waals surface area contributed by atoms with Crippen molar-refractivity contribution in [2.75, 3.05) is 23.8 Å². The summed E-state index contributed by atoms with van der Waals surface area (Å²) in [5.41, 5.74) is 1.86. The van der Waals surface area contributed by atoms with Crippen molar-refractivity contribution in [2.45, 2.75) is 32.7 Å². The van der Waals surface area contributed by atoms with Crippen LogP contribution in [-0.4, -0.2) is 41.4 Å². The van der Waals surface area contributed by atoms with E-state index in [1.54, 1.807) is 24.9 Å². The number of aryl methyl sites for hydroxylation is 2. The first-order chi connectivity index (χ1) is 15.8. The quantitative estimate of drug-likeness (QED) is 0.594. The van der Waals surface area contributed by atoms with E-state index in [4.69, 9.17) is 4.52 Å². The number of nitrogens with zero attached hydrogens (tertiary/aromatic N) is 3. The van der Waals surface area contributed by atoms with Crippen LogP contribution in [0.15, 0.2) is 52.4 Å². The summed E-state index contributed by atoms with van der Waals surface area (Å²) in [6, 6.07) is 12.8. The predicted molar refractivity (Wildman–Crippen MR) is 126 cm³/mol. The number of rotatable bonds is 6. The Morgan fingerprint density at radius 2 is 2.00 bits per heavy atom. The lowest BCUT2D eigenvalue weighted by Gasteiger charge is -2.41. The molecule has 172 valence electrons. The molecule has 0 radical (unpaired) electrons. The van der Waals surface area contributed by atoms with Crippen LogP contribution in [-0.2, 0) is 14.4 Å². The largest absolute Gasteiger partial charge is 0.360 e. The van der Waals surface area contributed by atoms with Gasteiger partial charge in [-0.1, -0.05) is 28.9 Å². The minimum atomic E-state index is -0.463. The maximum absolute atomic E-state index is 13.5. The lowest BCUT2D eigenvalue weighted by Crippen LogP contribution is -2.49. The number of thiophene rings is 1. The van der Waals surface area contributed by atoms with Gasteiger partial charge in [0.15, 0.2) is 5.82 Å². The Morgan fingerprint density at radius 1 is 1.24 bits per heavy atom. The van der Waals surface area contributed by atoms with Gasteiger partial charge in [0.2, 0.25) is 17.7 Å². The molecule has 1 aromatic carbocycles. The third-order valence-electron chi connectivity index (χ3n) is 5.71. The first kappa shape index (κ1) is 22.7. The van der Waals surface area contributed by atoms with Gasteiger partial charge in [0.05, 0.1) is 18.5 Å². The first-order valence-electron chi connectivity index (χ1n) is 10.7. The van der Waals surface area contributed by atoms with E-state index in [-0.39, 0.29) is 30.7 Å². The Hall–Kier alpha value is -3.46. The molecule has 1 saturated heterocycles. The van der Waals surface area contributed by atoms with Crippen LogP contribution in [0.4, 0.5) is 11.5 Å². The number of carbonyl (C=O) groups excluding carboxylic acids is 3. The number of likely N-dealkylation sites (N-methyl/N-ethyl adjacent to an activating group) is 1. The molecule has 3 aromatic rings. The van der Waals surface area contributed by atoms with E-state index in [9.17, 15) is 14.4 Å². The number of benzene rings is 1. The van der Waals surface area contributed by atoms with E-state index in [2.05, 4.69) is 10.5 Å². The molecule has 3 amide bonds. The average molecular weight is 467 g/mol. The zero-order valence-corrected chi connectivity index (χ0v) is 19.6. The Labute approximate surface area is 196 Å². The van der Waals surface area contributed by atoms with E-state index in [0.717, 1.165) is 16.1 Å². The van der Waals surface area contributed by atoms with Crippen molar-refractivity contribution in [3.8, 4) is 0 Å². The second-order valence-electron chi connectivity index (χ2n) is 8.27. The molecule has 8 nitrogen and oxygen atoms in total. The lowest BCUT2D eigenvalue weighted by atomic mass is 9.86. The summed E-state index contributed by atoms with van der Waals surface area (Å²) in [7, 11) is 1.61. The third kappa shape index (κ3) is 4.98. The molecule has 0 aliphatic carbocycles. The van der Waals surface area contributed by atoms with Crippen LogP contribution in [0, 0.1) is 19.8 Å². The van der Waals surface area contributed by atoms with Crippen LogP contribution in [0.5, 0.6) is 0 Å². The second kappa shape index (κ2) is 9.58. The Balaban J connectivity index is 1.56. The fourth-order valence-corrected chi connectivity index (χ4v) is 5.01. The lowest BCUT2D eigenvalue weighted by molar-refractivity contribution is -0.139. The van der Waals surface area contributed by atoms with Crippen LogP contribution in [0.25, 0.3) is 0 Å². The molecular formula is C24H26N4O4S. The fraction of sp³-hybridized carbons (Fsp3) is 0.333. The van der Waals surface area contributed by atoms with Crippen LogP contribution >= 0.6 is 11.3 Å². The molecule has 2 atom stereocenters. The first-order valence-corrected chi connectivity index (χ1v) is 11.6. The van der Waals surface area contributed by atoms with Crippen molar-refractivity contribution in [1.82, 2.24) is 10.1 Å². The van der Waals surface area contributed by atoms with E-state index >= 15 is 0 Å². The Morgan fingerprint density at radius 3 is 2.64 bits per heavy atom. The highest BCUT2D eigenvalue weighted by atomic mass is 32.1. The number of aromatic nitrogens is 1. The topological polar surface area (TPSA) is 95.8 Å². The predicted octanol–water partition coefficient (Wildman–Crippen LogP) is 3.93. The molecule has 9 heteroatoms. The highest BCUT2D eigenvalue weighted by Crippen LogP contribution is 2.42. The van der Waals surface area contributed by atoms with Gasteiger partial charge in [0, 0.05) is 30.1 Å². The second-order valence-corrected chi connectivity index (χ2v) is 9.25. The van der Waals surface area contributed by atoms with Crippen molar-refractivity contribution < 1.29 is 18.9 Å². The van der Waals surface area contributed by atoms with E-state index in [1.165, 1.54) is 16.2 Å². The van der Waals surface area contributed by atoms with Crippen LogP contribution in [0.1, 0.15) is 35.1 Å². The van der Waals surface area contributed by atoms with Gasteiger partial charge in [-0.2, -0.15) is 0 Å². The van der Waals surface area contributed by atoms with Crippen molar-refractivity contribution >= 4 is 40.6 Å². The van der Waals surface area contributed by atoms with Gasteiger partial charge in [-0.25, -0.2) is 0 Å². The van der Waals surface area contributed by atoms with Crippen LogP contribution < -0.4 is 10.2 Å². The number of anilines is 2. The number of hydrogen-bond acceptors (Lipinski definition) is 6. The van der Waals surface area contributed by atoms with Gasteiger partial charge in [-0.3, -0.25) is 14.4 Å². The minimum absolute atomic E-state index is 0.0110. The zero-order chi connectivity index (χ0) is 23.5. The molecule has 2 aromatic heterocycles. The standard InChI is InChI=1S/C24H26N4O4S/c1-15-6-8-17(9-7-15)28-22(30)11-10-18(23(28)19-5-4-12-33-19)24(31)27(3)14-21(29)25-20-13-16(2)32-26-20/h4-9,12-13,18,23H,10-11,14H2,1-3H3,(H,25,26,29). The molecule has 1 aliphatic heterocycles. The third-order valence-corrected chi connectivity index (χ3v) is 6.66. The molecule has 0 bridgehead atoms. The number of carbonyl (C=O) groups is 3. The number of piperidine rings is 1. The van der Waals surface area contributed by atoms with Crippen molar-refractivity contribution in [3.05, 3.63) is 64.0 Å². The summed E-state index contributed by atoms with van der Waals surface area (Å²) in [5, 5.41) is 8.33. The Bertz CT molecular complexity index is 1140. The highest BCUT2D eigenvalue weighted by Gasteiger charge is 2.43. The maximum atomic E-state index is 13.5. The molecule has 0 saturated carbocycles. The van der Waals surface area contributed by atoms with E-state index in [1.807, 2.05) is 48.7 Å².